The minimum absolute atomic E-state index is 0.0324. The van der Waals surface area contributed by atoms with Crippen molar-refractivity contribution in [2.45, 2.75) is 37.8 Å². The first-order chi connectivity index (χ1) is 22.7. The predicted molar refractivity (Wildman–Crippen MR) is 172 cm³/mol. The predicted octanol–water partition coefficient (Wildman–Crippen LogP) is 6.71. The van der Waals surface area contributed by atoms with Gasteiger partial charge in [0.2, 0.25) is 15.0 Å². The van der Waals surface area contributed by atoms with Crippen LogP contribution in [-0.4, -0.2) is 38.9 Å². The molecule has 0 aliphatic heterocycles. The van der Waals surface area contributed by atoms with E-state index in [4.69, 9.17) is 9.47 Å². The molecule has 0 amide bonds. The lowest BCUT2D eigenvalue weighted by atomic mass is 10.1. The Labute approximate surface area is 270 Å². The highest BCUT2D eigenvalue weighted by atomic mass is 32.2. The van der Waals surface area contributed by atoms with Crippen LogP contribution in [0, 0.1) is 18.6 Å². The number of fused-ring (bicyclic) bond motifs is 1. The molecule has 0 radical (unpaired) electrons. The Kier molecular flexibility index (Phi) is 9.32. The molecule has 6 rings (SSSR count). The molecule has 1 unspecified atom stereocenters. The Morgan fingerprint density at radius 3 is 2.45 bits per heavy atom. The maximum atomic E-state index is 15.1. The van der Waals surface area contributed by atoms with Crippen LogP contribution in [-0.2, 0) is 34.8 Å². The van der Waals surface area contributed by atoms with Crippen LogP contribution in [0.1, 0.15) is 34.9 Å². The molecule has 1 atom stereocenters. The fourth-order valence-corrected chi connectivity index (χ4v) is 6.36. The average Bonchev–Trinajstić information content (AvgIpc) is 3.44. The first kappa shape index (κ1) is 31.9. The van der Waals surface area contributed by atoms with Crippen LogP contribution in [0.15, 0.2) is 102 Å². The summed E-state index contributed by atoms with van der Waals surface area (Å²) in [5.41, 5.74) is 3.76. The second kappa shape index (κ2) is 13.7. The summed E-state index contributed by atoms with van der Waals surface area (Å²) >= 11 is 0. The van der Waals surface area contributed by atoms with Gasteiger partial charge in [0.15, 0.2) is 5.82 Å². The Bertz CT molecular complexity index is 2140. The summed E-state index contributed by atoms with van der Waals surface area (Å²) < 4.78 is 69.8. The zero-order valence-electron chi connectivity index (χ0n) is 25.7. The third kappa shape index (κ3) is 7.50. The van der Waals surface area contributed by atoms with Crippen molar-refractivity contribution in [3.05, 3.63) is 131 Å². The van der Waals surface area contributed by atoms with Crippen molar-refractivity contribution in [3.63, 3.8) is 0 Å². The van der Waals surface area contributed by atoms with E-state index in [1.54, 1.807) is 42.1 Å². The van der Waals surface area contributed by atoms with Crippen molar-refractivity contribution in [1.29, 1.82) is 0 Å². The van der Waals surface area contributed by atoms with Gasteiger partial charge in [0.05, 0.1) is 35.9 Å². The van der Waals surface area contributed by atoms with Crippen LogP contribution in [0.5, 0.6) is 5.88 Å². The molecule has 0 bridgehead atoms. The highest BCUT2D eigenvalue weighted by molar-refractivity contribution is 7.91. The van der Waals surface area contributed by atoms with Crippen LogP contribution in [0.4, 0.5) is 8.78 Å². The molecule has 6 aromatic rings. The van der Waals surface area contributed by atoms with Crippen LogP contribution < -0.4 is 4.74 Å². The minimum atomic E-state index is -4.00. The molecule has 0 fully saturated rings. The molecule has 0 saturated carbocycles. The summed E-state index contributed by atoms with van der Waals surface area (Å²) in [6.07, 6.45) is 2.56. The average molecular weight is 656 g/mol. The Balaban J connectivity index is 1.16. The smallest absolute Gasteiger partial charge is 0.250 e. The Morgan fingerprint density at radius 2 is 1.66 bits per heavy atom. The van der Waals surface area contributed by atoms with Crippen molar-refractivity contribution in [2.75, 3.05) is 5.75 Å². The van der Waals surface area contributed by atoms with Crippen molar-refractivity contribution < 1.29 is 26.7 Å². The lowest BCUT2D eigenvalue weighted by Gasteiger charge is -2.19. The van der Waals surface area contributed by atoms with E-state index in [1.807, 2.05) is 55.6 Å². The topological polar surface area (TPSA) is 109 Å². The van der Waals surface area contributed by atoms with E-state index < -0.39 is 27.6 Å². The fraction of sp³-hybridized carbons (Fsp3) is 0.200. The standard InChI is InChI=1S/C35H31F2N5O4S/c1-23-16-31(27-18-30(37)34(38-19-27)46-21-24-12-13-32-28(17-24)20-39-42(32)2)41-35(40-23)47(43,44)15-14-33(25-8-4-3-5-9-25)45-22-26-10-6-7-11-29(26)36/h3-13,16-20,33H,14-15,21-22H2,1-2H3. The highest BCUT2D eigenvalue weighted by Gasteiger charge is 2.24. The molecule has 3 heterocycles. The summed E-state index contributed by atoms with van der Waals surface area (Å²) in [6.45, 7) is 1.70. The van der Waals surface area contributed by atoms with E-state index in [1.165, 1.54) is 18.3 Å². The van der Waals surface area contributed by atoms with Gasteiger partial charge in [-0.1, -0.05) is 54.6 Å². The summed E-state index contributed by atoms with van der Waals surface area (Å²) in [4.78, 5) is 12.6. The fourth-order valence-electron chi connectivity index (χ4n) is 5.13. The number of aromatic nitrogens is 5. The summed E-state index contributed by atoms with van der Waals surface area (Å²) in [5.74, 6) is -1.65. The maximum Gasteiger partial charge on any atom is 0.250 e. The number of hydrogen-bond donors (Lipinski definition) is 0. The molecular weight excluding hydrogens is 624 g/mol. The molecule has 3 aromatic heterocycles. The van der Waals surface area contributed by atoms with Gasteiger partial charge in [-0.3, -0.25) is 4.68 Å². The largest absolute Gasteiger partial charge is 0.471 e. The van der Waals surface area contributed by atoms with E-state index in [2.05, 4.69) is 20.1 Å². The van der Waals surface area contributed by atoms with E-state index >= 15 is 4.39 Å². The number of rotatable bonds is 12. The number of pyridine rings is 1. The molecule has 0 N–H and O–H groups in total. The number of nitrogens with zero attached hydrogens (tertiary/aromatic N) is 5. The lowest BCUT2D eigenvalue weighted by molar-refractivity contribution is 0.0361. The zero-order chi connectivity index (χ0) is 33.0. The quantitative estimate of drug-likeness (QED) is 0.134. The summed E-state index contributed by atoms with van der Waals surface area (Å²) in [5, 5.41) is 4.77. The number of hydrogen-bond acceptors (Lipinski definition) is 8. The van der Waals surface area contributed by atoms with E-state index in [-0.39, 0.29) is 47.7 Å². The van der Waals surface area contributed by atoms with Crippen LogP contribution in [0.3, 0.4) is 0 Å². The molecular formula is C35H31F2N5O4S. The van der Waals surface area contributed by atoms with Gasteiger partial charge in [-0.25, -0.2) is 32.2 Å². The molecule has 3 aromatic carbocycles. The second-order valence-corrected chi connectivity index (χ2v) is 13.1. The monoisotopic (exact) mass is 655 g/mol. The van der Waals surface area contributed by atoms with E-state index in [0.29, 0.717) is 11.3 Å². The van der Waals surface area contributed by atoms with Gasteiger partial charge >= 0.3 is 0 Å². The van der Waals surface area contributed by atoms with Gasteiger partial charge in [-0.2, -0.15) is 5.10 Å². The van der Waals surface area contributed by atoms with Crippen molar-refractivity contribution >= 4 is 20.7 Å². The van der Waals surface area contributed by atoms with Crippen molar-refractivity contribution in [1.82, 2.24) is 24.7 Å². The van der Waals surface area contributed by atoms with Crippen molar-refractivity contribution in [2.24, 2.45) is 7.05 Å². The van der Waals surface area contributed by atoms with Crippen LogP contribution in [0.2, 0.25) is 0 Å². The number of sulfone groups is 1. The first-order valence-electron chi connectivity index (χ1n) is 14.8. The van der Waals surface area contributed by atoms with Crippen molar-refractivity contribution in [3.8, 4) is 17.1 Å². The Morgan fingerprint density at radius 1 is 0.872 bits per heavy atom. The van der Waals surface area contributed by atoms with Gasteiger partial charge in [-0.15, -0.1) is 0 Å². The van der Waals surface area contributed by atoms with Crippen LogP contribution >= 0.6 is 0 Å². The van der Waals surface area contributed by atoms with Gasteiger partial charge in [0.25, 0.3) is 5.88 Å². The maximum absolute atomic E-state index is 15.1. The molecule has 240 valence electrons. The van der Waals surface area contributed by atoms with Gasteiger partial charge in [0.1, 0.15) is 12.4 Å². The molecule has 0 aliphatic carbocycles. The van der Waals surface area contributed by atoms with E-state index in [9.17, 15) is 12.8 Å². The third-order valence-corrected chi connectivity index (χ3v) is 9.13. The highest BCUT2D eigenvalue weighted by Crippen LogP contribution is 2.27. The molecule has 0 saturated heterocycles. The number of aryl methyl sites for hydroxylation is 2. The van der Waals surface area contributed by atoms with Gasteiger partial charge < -0.3 is 9.47 Å². The van der Waals surface area contributed by atoms with Crippen LogP contribution in [0.25, 0.3) is 22.2 Å². The summed E-state index contributed by atoms with van der Waals surface area (Å²) in [7, 11) is -2.15. The summed E-state index contributed by atoms with van der Waals surface area (Å²) in [6, 6.07) is 23.9. The minimum Gasteiger partial charge on any atom is -0.471 e. The normalized spacial score (nSPS) is 12.3. The second-order valence-electron chi connectivity index (χ2n) is 11.0. The lowest BCUT2D eigenvalue weighted by Crippen LogP contribution is -2.16. The molecule has 12 heteroatoms. The van der Waals surface area contributed by atoms with Gasteiger partial charge in [-0.05, 0) is 54.8 Å². The zero-order valence-corrected chi connectivity index (χ0v) is 26.5. The molecule has 47 heavy (non-hydrogen) atoms. The van der Waals surface area contributed by atoms with E-state index in [0.717, 1.165) is 22.0 Å². The SMILES string of the molecule is Cc1cc(-c2cnc(OCc3ccc4c(cnn4C)c3)c(F)c2)nc(S(=O)(=O)CCC(OCc2ccccc2F)c2ccccc2)n1. The third-order valence-electron chi connectivity index (χ3n) is 7.62. The molecule has 0 spiro atoms. The number of ether oxygens (including phenoxy) is 2. The number of benzene rings is 3. The van der Waals surface area contributed by atoms with Gasteiger partial charge in [0, 0.05) is 35.5 Å². The molecule has 9 nitrogen and oxygen atoms in total. The molecule has 0 aliphatic rings. The number of halogens is 2. The Hall–Kier alpha value is -5.07. The first-order valence-corrected chi connectivity index (χ1v) is 16.5.